The van der Waals surface area contributed by atoms with E-state index in [0.29, 0.717) is 53.4 Å². The van der Waals surface area contributed by atoms with Gasteiger partial charge in [0.05, 0.1) is 22.8 Å². The first-order valence-electron chi connectivity index (χ1n) is 20.5. The number of nitriles is 1. The van der Waals surface area contributed by atoms with E-state index in [1.54, 1.807) is 11.0 Å². The van der Waals surface area contributed by atoms with Gasteiger partial charge in [-0.1, -0.05) is 59.5 Å². The largest absolute Gasteiger partial charge is 0.322 e. The van der Waals surface area contributed by atoms with Gasteiger partial charge in [0.2, 0.25) is 11.8 Å². The van der Waals surface area contributed by atoms with E-state index in [1.807, 2.05) is 35.0 Å². The average molecular weight is 791 g/mol. The Bertz CT molecular complexity index is 2420. The van der Waals surface area contributed by atoms with E-state index in [9.17, 15) is 19.6 Å². The first kappa shape index (κ1) is 39.2. The van der Waals surface area contributed by atoms with Crippen molar-refractivity contribution in [1.82, 2.24) is 24.9 Å². The summed E-state index contributed by atoms with van der Waals surface area (Å²) in [7, 11) is 0. The summed E-state index contributed by atoms with van der Waals surface area (Å²) < 4.78 is 2.02. The van der Waals surface area contributed by atoms with Crippen molar-refractivity contribution < 1.29 is 14.4 Å². The third kappa shape index (κ3) is 8.60. The molecule has 0 radical (unpaired) electrons. The monoisotopic (exact) mass is 790 g/mol. The molecule has 0 spiro atoms. The number of carbonyl (C=O) groups excluding carboxylic acids is 3. The van der Waals surface area contributed by atoms with E-state index < -0.39 is 6.04 Å². The normalized spacial score (nSPS) is 21.0. The molecular weight excluding hydrogens is 744 g/mol. The van der Waals surface area contributed by atoms with Gasteiger partial charge in [-0.25, -0.2) is 0 Å². The number of halogens is 1. The Morgan fingerprint density at radius 3 is 2.26 bits per heavy atom. The first-order chi connectivity index (χ1) is 28.1. The summed E-state index contributed by atoms with van der Waals surface area (Å²) in [5, 5.41) is 16.9. The van der Waals surface area contributed by atoms with Crippen LogP contribution >= 0.6 is 11.6 Å². The Kier molecular flexibility index (Phi) is 11.5. The minimum absolute atomic E-state index is 0.160. The molecule has 1 unspecified atom stereocenters. The highest BCUT2D eigenvalue weighted by atomic mass is 35.5. The average Bonchev–Trinajstić information content (AvgIpc) is 3.71. The van der Waals surface area contributed by atoms with Gasteiger partial charge in [0.25, 0.3) is 5.91 Å². The van der Waals surface area contributed by atoms with Crippen molar-refractivity contribution in [2.75, 3.05) is 19.6 Å². The molecule has 1 aliphatic carbocycles. The fraction of sp³-hybridized carbons (Fsp3) is 0.396. The topological polar surface area (TPSA) is 111 Å². The SMILES string of the molecule is Cc1c(-c2ccc(C#N)c(Cl)c2)nn(Cc2ccc(C#CC3CCN(CC4CCC(C#Cc5ccc6c(c5)C(=O)N(C5CCC(=O)NC5=O)C6)CC4)CC3)cc2)c1C. The molecule has 1 saturated carbocycles. The van der Waals surface area contributed by atoms with Gasteiger partial charge in [-0.3, -0.25) is 24.4 Å². The summed E-state index contributed by atoms with van der Waals surface area (Å²) in [6, 6.07) is 21.2. The predicted octanol–water partition coefficient (Wildman–Crippen LogP) is 7.42. The zero-order chi connectivity index (χ0) is 40.3. The molecule has 9 nitrogen and oxygen atoms in total. The molecule has 4 aliphatic rings. The van der Waals surface area contributed by atoms with Gasteiger partial charge in [-0.15, -0.1) is 0 Å². The number of benzene rings is 3. The Balaban J connectivity index is 0.770. The van der Waals surface area contributed by atoms with Crippen LogP contribution in [-0.4, -0.2) is 63.0 Å². The Hall–Kier alpha value is -5.66. The number of piperidine rings is 2. The molecule has 4 heterocycles. The number of carbonyl (C=O) groups is 3. The zero-order valence-electron chi connectivity index (χ0n) is 33.1. The highest BCUT2D eigenvalue weighted by Gasteiger charge is 2.39. The molecule has 3 aliphatic heterocycles. The predicted molar refractivity (Wildman–Crippen MR) is 223 cm³/mol. The fourth-order valence-corrected chi connectivity index (χ4v) is 9.02. The van der Waals surface area contributed by atoms with Crippen LogP contribution in [0.4, 0.5) is 0 Å². The molecule has 1 aromatic heterocycles. The molecule has 4 aromatic rings. The molecule has 8 rings (SSSR count). The summed E-state index contributed by atoms with van der Waals surface area (Å²) in [6.07, 6.45) is 7.39. The number of aromatic nitrogens is 2. The second kappa shape index (κ2) is 17.1. The number of amides is 3. The van der Waals surface area contributed by atoms with Crippen LogP contribution < -0.4 is 5.32 Å². The van der Waals surface area contributed by atoms with Crippen molar-refractivity contribution >= 4 is 29.3 Å². The number of imide groups is 1. The van der Waals surface area contributed by atoms with Crippen molar-refractivity contribution in [3.63, 3.8) is 0 Å². The molecule has 3 fully saturated rings. The van der Waals surface area contributed by atoms with Gasteiger partial charge in [0.1, 0.15) is 12.1 Å². The van der Waals surface area contributed by atoms with Crippen LogP contribution in [0, 0.1) is 66.6 Å². The summed E-state index contributed by atoms with van der Waals surface area (Å²) in [5.74, 6) is 14.5. The molecule has 1 N–H and O–H groups in total. The van der Waals surface area contributed by atoms with Crippen molar-refractivity contribution in [3.8, 4) is 41.0 Å². The fourth-order valence-electron chi connectivity index (χ4n) is 8.80. The van der Waals surface area contributed by atoms with Gasteiger partial charge in [-0.05, 0) is 131 Å². The maximum Gasteiger partial charge on any atom is 0.255 e. The summed E-state index contributed by atoms with van der Waals surface area (Å²) in [5.41, 5.74) is 8.98. The summed E-state index contributed by atoms with van der Waals surface area (Å²) in [6.45, 7) is 8.53. The van der Waals surface area contributed by atoms with E-state index in [-0.39, 0.29) is 24.1 Å². The van der Waals surface area contributed by atoms with Crippen LogP contribution in [0.2, 0.25) is 5.02 Å². The van der Waals surface area contributed by atoms with E-state index in [1.165, 1.54) is 12.8 Å². The third-order valence-electron chi connectivity index (χ3n) is 12.5. The molecule has 10 heteroatoms. The van der Waals surface area contributed by atoms with Crippen molar-refractivity contribution in [1.29, 1.82) is 5.26 Å². The lowest BCUT2D eigenvalue weighted by atomic mass is 9.81. The standard InChI is InChI=1S/C48H47ClN6O3/c1-31-32(2)55(52-46(31)39-17-18-40(27-50)43(49)26-39)29-38-13-8-33(9-14-38)3-4-35-21-23-53(24-22-35)28-37-11-6-34(7-12-37)5-10-36-15-16-41-30-54(48(58)42(41)25-36)44-19-20-45(56)51-47(44)57/h8-9,13-18,25-26,34-35,37,44H,6-7,11-12,19-24,28-30H2,1-2H3,(H,51,56,57). The molecule has 2 saturated heterocycles. The molecule has 3 amide bonds. The van der Waals surface area contributed by atoms with Gasteiger partial charge >= 0.3 is 0 Å². The highest BCUT2D eigenvalue weighted by molar-refractivity contribution is 6.32. The molecule has 3 aromatic carbocycles. The zero-order valence-corrected chi connectivity index (χ0v) is 33.9. The number of nitrogens with zero attached hydrogens (tertiary/aromatic N) is 5. The first-order valence-corrected chi connectivity index (χ1v) is 20.9. The number of likely N-dealkylation sites (tertiary alicyclic amines) is 1. The lowest BCUT2D eigenvalue weighted by Gasteiger charge is -2.35. The van der Waals surface area contributed by atoms with Crippen LogP contribution in [0.5, 0.6) is 0 Å². The van der Waals surface area contributed by atoms with E-state index >= 15 is 0 Å². The smallest absolute Gasteiger partial charge is 0.255 e. The van der Waals surface area contributed by atoms with Crippen molar-refractivity contribution in [3.05, 3.63) is 110 Å². The quantitative estimate of drug-likeness (QED) is 0.161. The lowest BCUT2D eigenvalue weighted by molar-refractivity contribution is -0.136. The Morgan fingerprint density at radius 2 is 1.55 bits per heavy atom. The summed E-state index contributed by atoms with van der Waals surface area (Å²) in [4.78, 5) is 41.4. The third-order valence-corrected chi connectivity index (χ3v) is 12.8. The number of fused-ring (bicyclic) bond motifs is 1. The van der Waals surface area contributed by atoms with Crippen LogP contribution in [-0.2, 0) is 22.7 Å². The number of hydrogen-bond donors (Lipinski definition) is 1. The molecular formula is C48H47ClN6O3. The Labute approximate surface area is 345 Å². The second-order valence-corrected chi connectivity index (χ2v) is 16.7. The van der Waals surface area contributed by atoms with E-state index in [2.05, 4.69) is 78.1 Å². The van der Waals surface area contributed by atoms with Gasteiger partial charge < -0.3 is 9.80 Å². The summed E-state index contributed by atoms with van der Waals surface area (Å²) >= 11 is 6.31. The van der Waals surface area contributed by atoms with E-state index in [4.69, 9.17) is 16.7 Å². The number of hydrogen-bond acceptors (Lipinski definition) is 6. The van der Waals surface area contributed by atoms with Gasteiger partial charge in [0.15, 0.2) is 0 Å². The molecule has 58 heavy (non-hydrogen) atoms. The van der Waals surface area contributed by atoms with Crippen LogP contribution in [0.1, 0.15) is 101 Å². The van der Waals surface area contributed by atoms with Crippen molar-refractivity contribution in [2.24, 2.45) is 17.8 Å². The minimum Gasteiger partial charge on any atom is -0.322 e. The maximum atomic E-state index is 13.2. The van der Waals surface area contributed by atoms with Gasteiger partial charge in [0, 0.05) is 59.3 Å². The van der Waals surface area contributed by atoms with Crippen LogP contribution in [0.25, 0.3) is 11.3 Å². The molecule has 1 atom stereocenters. The number of nitrogens with one attached hydrogen (secondary N) is 1. The van der Waals surface area contributed by atoms with Crippen LogP contribution in [0.15, 0.2) is 60.7 Å². The maximum absolute atomic E-state index is 13.2. The van der Waals surface area contributed by atoms with E-state index in [0.717, 1.165) is 90.1 Å². The van der Waals surface area contributed by atoms with Gasteiger partial charge in [-0.2, -0.15) is 10.4 Å². The second-order valence-electron chi connectivity index (χ2n) is 16.3. The lowest BCUT2D eigenvalue weighted by Crippen LogP contribution is -2.52. The van der Waals surface area contributed by atoms with Crippen molar-refractivity contribution in [2.45, 2.75) is 84.3 Å². The highest BCUT2D eigenvalue weighted by Crippen LogP contribution is 2.32. The molecule has 294 valence electrons. The molecule has 0 bridgehead atoms. The number of rotatable bonds is 6. The minimum atomic E-state index is -0.604. The van der Waals surface area contributed by atoms with Crippen LogP contribution in [0.3, 0.4) is 0 Å². The Morgan fingerprint density at radius 1 is 0.845 bits per heavy atom.